The maximum Gasteiger partial charge on any atom is 0.266 e. The fraction of sp³-hybridized carbons (Fsp3) is 1.00. The summed E-state index contributed by atoms with van der Waals surface area (Å²) in [5.41, 5.74) is 0. The van der Waals surface area contributed by atoms with E-state index in [0.717, 1.165) is 13.1 Å². The first-order chi connectivity index (χ1) is 5.54. The molecule has 0 saturated carbocycles. The Morgan fingerprint density at radius 3 is 1.25 bits per heavy atom. The molecule has 0 aromatic rings. The lowest BCUT2D eigenvalue weighted by Gasteiger charge is -2.24. The van der Waals surface area contributed by atoms with Crippen molar-refractivity contribution in [3.63, 3.8) is 0 Å². The summed E-state index contributed by atoms with van der Waals surface area (Å²) in [5.74, 6) is 0. The molecular weight excluding hydrogens is 170 g/mol. The maximum atomic E-state index is 2.44. The van der Waals surface area contributed by atoms with E-state index in [1.54, 1.807) is 0 Å². The van der Waals surface area contributed by atoms with Gasteiger partial charge in [0.15, 0.2) is 0 Å². The molecule has 0 aromatic heterocycles. The third kappa shape index (κ3) is 3.31. The van der Waals surface area contributed by atoms with E-state index in [-0.39, 0.29) is 11.5 Å². The van der Waals surface area contributed by atoms with E-state index in [9.17, 15) is 0 Å². The third-order valence-electron chi connectivity index (χ3n) is 1.59. The molecule has 0 radical (unpaired) electrons. The van der Waals surface area contributed by atoms with Crippen LogP contribution in [0.25, 0.3) is 0 Å². The van der Waals surface area contributed by atoms with E-state index in [0.29, 0.717) is 0 Å². The topological polar surface area (TPSA) is 9.72 Å². The van der Waals surface area contributed by atoms with E-state index >= 15 is 0 Å². The predicted octanol–water partition coefficient (Wildman–Crippen LogP) is 0.815. The molecule has 0 bridgehead atoms. The van der Waals surface area contributed by atoms with Crippen molar-refractivity contribution in [2.45, 2.75) is 13.8 Å². The Balaban J connectivity index is 4.26. The molecule has 0 fully saturated rings. The van der Waals surface area contributed by atoms with Gasteiger partial charge in [0.05, 0.1) is 0 Å². The summed E-state index contributed by atoms with van der Waals surface area (Å²) in [7, 11) is 8.51. The van der Waals surface area contributed by atoms with Crippen molar-refractivity contribution in [2.24, 2.45) is 0 Å². The van der Waals surface area contributed by atoms with Gasteiger partial charge in [-0.15, -0.1) is 0 Å². The van der Waals surface area contributed by atoms with Gasteiger partial charge >= 0.3 is 0 Å². The molecule has 0 rings (SSSR count). The van der Waals surface area contributed by atoms with Crippen LogP contribution in [0, 0.1) is 0 Å². The van der Waals surface area contributed by atoms with Gasteiger partial charge in [0.25, 0.3) is 11.5 Å². The second-order valence-electron chi connectivity index (χ2n) is 2.98. The molecule has 0 spiro atoms. The highest BCUT2D eigenvalue weighted by Crippen LogP contribution is 2.09. The quantitative estimate of drug-likeness (QED) is 0.597. The van der Waals surface area contributed by atoms with Crippen LogP contribution >= 0.6 is 0 Å². The van der Waals surface area contributed by atoms with E-state index in [1.165, 1.54) is 0 Å². The van der Waals surface area contributed by atoms with Crippen LogP contribution in [0.5, 0.6) is 0 Å². The zero-order chi connectivity index (χ0) is 9.72. The van der Waals surface area contributed by atoms with E-state index in [1.807, 2.05) is 0 Å². The van der Waals surface area contributed by atoms with Gasteiger partial charge < -0.3 is 0 Å². The normalized spacial score (nSPS) is 12.5. The molecule has 0 aliphatic heterocycles. The first-order valence-corrected chi connectivity index (χ1v) is 5.48. The second-order valence-corrected chi connectivity index (χ2v) is 5.45. The van der Waals surface area contributed by atoms with Crippen molar-refractivity contribution in [3.05, 3.63) is 0 Å². The van der Waals surface area contributed by atoms with Crippen molar-refractivity contribution < 1.29 is 0 Å². The summed E-state index contributed by atoms with van der Waals surface area (Å²) in [4.78, 5) is 0. The van der Waals surface area contributed by atoms with Crippen molar-refractivity contribution in [1.29, 1.82) is 0 Å². The summed E-state index contributed by atoms with van der Waals surface area (Å²) in [6.07, 6.45) is 0. The number of nitrogens with zero attached hydrogens (tertiary/aromatic N) is 3. The monoisotopic (exact) mass is 192 g/mol. The maximum absolute atomic E-state index is 2.44. The average molecular weight is 192 g/mol. The zero-order valence-electron chi connectivity index (χ0n) is 9.16. The Morgan fingerprint density at radius 1 is 0.833 bits per heavy atom. The molecule has 0 heterocycles. The standard InChI is InChI=1S/C8H22N3S/c1-7-11(8-2)12(9(3)4)10(5)6/h7-8H2,1-6H3/q+1. The van der Waals surface area contributed by atoms with Gasteiger partial charge in [-0.05, 0) is 13.8 Å². The van der Waals surface area contributed by atoms with Gasteiger partial charge in [-0.3, -0.25) is 0 Å². The molecule has 0 aromatic carbocycles. The molecule has 0 aliphatic rings. The Kier molecular flexibility index (Phi) is 5.92. The third-order valence-corrected chi connectivity index (χ3v) is 3.87. The molecule has 4 heteroatoms. The Bertz CT molecular complexity index is 105. The molecular formula is C8H22N3S+. The van der Waals surface area contributed by atoms with Gasteiger partial charge in [0, 0.05) is 41.3 Å². The number of hydrogen-bond donors (Lipinski definition) is 0. The van der Waals surface area contributed by atoms with Crippen LogP contribution in [-0.2, 0) is 11.5 Å². The fourth-order valence-electron chi connectivity index (χ4n) is 1.24. The highest BCUT2D eigenvalue weighted by molar-refractivity contribution is 7.90. The molecule has 0 N–H and O–H groups in total. The largest absolute Gasteiger partial charge is 0.266 e. The number of hydrogen-bond acceptors (Lipinski definition) is 3. The van der Waals surface area contributed by atoms with Crippen LogP contribution < -0.4 is 0 Å². The predicted molar refractivity (Wildman–Crippen MR) is 57.7 cm³/mol. The van der Waals surface area contributed by atoms with Crippen LogP contribution in [-0.4, -0.2) is 54.2 Å². The minimum atomic E-state index is 0.134. The molecule has 0 unspecified atom stereocenters. The van der Waals surface area contributed by atoms with Crippen molar-refractivity contribution in [3.8, 4) is 0 Å². The second kappa shape index (κ2) is 5.80. The lowest BCUT2D eigenvalue weighted by molar-refractivity contribution is 0.438. The van der Waals surface area contributed by atoms with E-state index < -0.39 is 0 Å². The van der Waals surface area contributed by atoms with Crippen LogP contribution in [0.15, 0.2) is 0 Å². The highest BCUT2D eigenvalue weighted by Gasteiger charge is 2.33. The van der Waals surface area contributed by atoms with Gasteiger partial charge in [0.2, 0.25) is 0 Å². The van der Waals surface area contributed by atoms with Crippen LogP contribution in [0.1, 0.15) is 13.8 Å². The lowest BCUT2D eigenvalue weighted by Crippen LogP contribution is -2.48. The minimum Gasteiger partial charge on any atom is -0.0942 e. The molecule has 0 saturated heterocycles. The Morgan fingerprint density at radius 2 is 1.17 bits per heavy atom. The Hall–Kier alpha value is 0.230. The van der Waals surface area contributed by atoms with Crippen LogP contribution in [0.3, 0.4) is 0 Å². The molecule has 3 nitrogen and oxygen atoms in total. The van der Waals surface area contributed by atoms with E-state index in [4.69, 9.17) is 0 Å². The lowest BCUT2D eigenvalue weighted by atomic mass is 10.7. The molecule has 74 valence electrons. The zero-order valence-corrected chi connectivity index (χ0v) is 9.98. The highest BCUT2D eigenvalue weighted by atomic mass is 32.2. The van der Waals surface area contributed by atoms with Gasteiger partial charge in [0.1, 0.15) is 0 Å². The summed E-state index contributed by atoms with van der Waals surface area (Å²) >= 11 is 0.134. The fourth-order valence-corrected chi connectivity index (χ4v) is 3.28. The van der Waals surface area contributed by atoms with Gasteiger partial charge in [-0.25, -0.2) is 0 Å². The van der Waals surface area contributed by atoms with Gasteiger partial charge in [-0.2, -0.15) is 0 Å². The Labute approximate surface area is 80.1 Å². The molecule has 0 atom stereocenters. The first-order valence-electron chi connectivity index (χ1n) is 4.38. The summed E-state index contributed by atoms with van der Waals surface area (Å²) in [6, 6.07) is 0. The summed E-state index contributed by atoms with van der Waals surface area (Å²) in [6.45, 7) is 6.62. The van der Waals surface area contributed by atoms with E-state index in [2.05, 4.69) is 55.0 Å². The summed E-state index contributed by atoms with van der Waals surface area (Å²) < 4.78 is 6.96. The molecule has 12 heavy (non-hydrogen) atoms. The SMILES string of the molecule is CCN(CC)[S+](N(C)C)N(C)C. The van der Waals surface area contributed by atoms with Crippen LogP contribution in [0.4, 0.5) is 0 Å². The van der Waals surface area contributed by atoms with Crippen molar-refractivity contribution in [2.75, 3.05) is 41.3 Å². The molecule has 0 amide bonds. The van der Waals surface area contributed by atoms with Crippen molar-refractivity contribution in [1.82, 2.24) is 12.9 Å². The van der Waals surface area contributed by atoms with Crippen LogP contribution in [0.2, 0.25) is 0 Å². The first kappa shape index (κ1) is 12.2. The molecule has 0 aliphatic carbocycles. The van der Waals surface area contributed by atoms with Crippen molar-refractivity contribution >= 4 is 11.5 Å². The smallest absolute Gasteiger partial charge is 0.0942 e. The minimum absolute atomic E-state index is 0.134. The average Bonchev–Trinajstić information content (AvgIpc) is 1.98. The number of rotatable bonds is 5. The summed E-state index contributed by atoms with van der Waals surface area (Å²) in [5, 5.41) is 0. The van der Waals surface area contributed by atoms with Gasteiger partial charge in [-0.1, -0.05) is 12.9 Å².